The Bertz CT molecular complexity index is 317. The third-order valence-electron chi connectivity index (χ3n) is 3.62. The first-order chi connectivity index (χ1) is 7.79. The summed E-state index contributed by atoms with van der Waals surface area (Å²) >= 11 is 0. The Hall–Kier alpha value is -0.830. The van der Waals surface area contributed by atoms with Gasteiger partial charge in [-0.05, 0) is 37.8 Å². The second-order valence-corrected chi connectivity index (χ2v) is 4.89. The monoisotopic (exact) mass is 221 g/mol. The third kappa shape index (κ3) is 2.85. The fourth-order valence-corrected chi connectivity index (χ4v) is 2.82. The normalized spacial score (nSPS) is 25.9. The molecule has 1 heterocycles. The molecule has 0 radical (unpaired) electrons. The fourth-order valence-electron chi connectivity index (χ4n) is 2.82. The van der Waals surface area contributed by atoms with Gasteiger partial charge in [0.15, 0.2) is 0 Å². The smallest absolute Gasteiger partial charge is 0.0627 e. The molecule has 1 aromatic rings. The van der Waals surface area contributed by atoms with Crippen LogP contribution in [0.15, 0.2) is 12.3 Å². The summed E-state index contributed by atoms with van der Waals surface area (Å²) < 4.78 is 1.90. The van der Waals surface area contributed by atoms with Crippen molar-refractivity contribution in [3.8, 4) is 0 Å². The first-order valence-electron chi connectivity index (χ1n) is 6.51. The summed E-state index contributed by atoms with van der Waals surface area (Å²) in [5.74, 6) is 0.781. The van der Waals surface area contributed by atoms with E-state index in [0.29, 0.717) is 6.04 Å². The molecule has 3 nitrogen and oxygen atoms in total. The van der Waals surface area contributed by atoms with E-state index in [-0.39, 0.29) is 0 Å². The van der Waals surface area contributed by atoms with Gasteiger partial charge in [0.1, 0.15) is 0 Å². The van der Waals surface area contributed by atoms with Gasteiger partial charge in [0.25, 0.3) is 0 Å². The molecule has 0 aliphatic heterocycles. The van der Waals surface area contributed by atoms with Crippen LogP contribution in [0, 0.1) is 5.92 Å². The van der Waals surface area contributed by atoms with Gasteiger partial charge in [0.2, 0.25) is 0 Å². The number of nitrogens with zero attached hydrogens (tertiary/aromatic N) is 2. The van der Waals surface area contributed by atoms with Crippen LogP contribution in [0.1, 0.15) is 38.3 Å². The lowest BCUT2D eigenvalue weighted by molar-refractivity contribution is 0.262. The minimum absolute atomic E-state index is 0.709. The molecule has 1 aliphatic rings. The van der Waals surface area contributed by atoms with Gasteiger partial charge >= 0.3 is 0 Å². The van der Waals surface area contributed by atoms with Crippen molar-refractivity contribution in [1.82, 2.24) is 15.1 Å². The van der Waals surface area contributed by atoms with Crippen molar-refractivity contribution in [3.05, 3.63) is 18.0 Å². The van der Waals surface area contributed by atoms with Crippen molar-refractivity contribution in [1.29, 1.82) is 0 Å². The molecule has 0 spiro atoms. The molecule has 2 atom stereocenters. The van der Waals surface area contributed by atoms with Crippen LogP contribution in [0.25, 0.3) is 0 Å². The van der Waals surface area contributed by atoms with Gasteiger partial charge in [-0.2, -0.15) is 5.10 Å². The van der Waals surface area contributed by atoms with Crippen molar-refractivity contribution in [3.63, 3.8) is 0 Å². The molecule has 1 aliphatic carbocycles. The highest BCUT2D eigenvalue weighted by molar-refractivity contribution is 5.01. The van der Waals surface area contributed by atoms with E-state index in [1.165, 1.54) is 31.4 Å². The largest absolute Gasteiger partial charge is 0.314 e. The van der Waals surface area contributed by atoms with E-state index < -0.39 is 0 Å². The maximum absolute atomic E-state index is 4.49. The summed E-state index contributed by atoms with van der Waals surface area (Å²) in [5.41, 5.74) is 1.25. The summed E-state index contributed by atoms with van der Waals surface area (Å²) in [6.07, 6.45) is 8.65. The molecule has 2 unspecified atom stereocenters. The number of aromatic nitrogens is 2. The Kier molecular flexibility index (Phi) is 3.99. The van der Waals surface area contributed by atoms with Crippen molar-refractivity contribution in [2.24, 2.45) is 13.0 Å². The molecule has 1 fully saturated rings. The van der Waals surface area contributed by atoms with E-state index >= 15 is 0 Å². The highest BCUT2D eigenvalue weighted by Gasteiger charge is 2.24. The summed E-state index contributed by atoms with van der Waals surface area (Å²) in [6, 6.07) is 2.86. The summed E-state index contributed by atoms with van der Waals surface area (Å²) in [6.45, 7) is 3.29. The zero-order valence-corrected chi connectivity index (χ0v) is 10.4. The molecule has 16 heavy (non-hydrogen) atoms. The van der Waals surface area contributed by atoms with Crippen LogP contribution < -0.4 is 5.32 Å². The molecule has 0 aromatic carbocycles. The van der Waals surface area contributed by atoms with E-state index in [0.717, 1.165) is 18.9 Å². The minimum Gasteiger partial charge on any atom is -0.314 e. The van der Waals surface area contributed by atoms with Crippen LogP contribution in [-0.4, -0.2) is 22.4 Å². The number of rotatable bonds is 4. The second kappa shape index (κ2) is 5.48. The van der Waals surface area contributed by atoms with Crippen LogP contribution in [0.2, 0.25) is 0 Å². The van der Waals surface area contributed by atoms with Crippen molar-refractivity contribution < 1.29 is 0 Å². The molecule has 90 valence electrons. The quantitative estimate of drug-likeness (QED) is 0.844. The summed E-state index contributed by atoms with van der Waals surface area (Å²) in [5, 5.41) is 8.12. The van der Waals surface area contributed by atoms with Gasteiger partial charge in [-0.15, -0.1) is 0 Å². The minimum atomic E-state index is 0.709. The molecule has 0 amide bonds. The predicted molar refractivity (Wildman–Crippen MR) is 66.3 cm³/mol. The lowest BCUT2D eigenvalue weighted by Crippen LogP contribution is -2.39. The van der Waals surface area contributed by atoms with Gasteiger partial charge < -0.3 is 5.32 Å². The Morgan fingerprint density at radius 2 is 2.25 bits per heavy atom. The zero-order chi connectivity index (χ0) is 11.4. The van der Waals surface area contributed by atoms with E-state index in [9.17, 15) is 0 Å². The zero-order valence-electron chi connectivity index (χ0n) is 10.4. The van der Waals surface area contributed by atoms with Gasteiger partial charge in [-0.25, -0.2) is 0 Å². The van der Waals surface area contributed by atoms with E-state index in [2.05, 4.69) is 23.4 Å². The first-order valence-corrected chi connectivity index (χ1v) is 6.51. The van der Waals surface area contributed by atoms with Gasteiger partial charge in [-0.3, -0.25) is 4.68 Å². The van der Waals surface area contributed by atoms with Crippen molar-refractivity contribution in [2.75, 3.05) is 6.54 Å². The Morgan fingerprint density at radius 1 is 1.44 bits per heavy atom. The van der Waals surface area contributed by atoms with Crippen LogP contribution in [0.5, 0.6) is 0 Å². The first kappa shape index (κ1) is 11.6. The van der Waals surface area contributed by atoms with Crippen LogP contribution >= 0.6 is 0 Å². The lowest BCUT2D eigenvalue weighted by Gasteiger charge is -2.31. The molecular weight excluding hydrogens is 198 g/mol. The highest BCUT2D eigenvalue weighted by Crippen LogP contribution is 2.27. The lowest BCUT2D eigenvalue weighted by atomic mass is 9.81. The van der Waals surface area contributed by atoms with Crippen molar-refractivity contribution >= 4 is 0 Å². The average molecular weight is 221 g/mol. The molecular formula is C13H23N3. The number of hydrogen-bond donors (Lipinski definition) is 1. The van der Waals surface area contributed by atoms with Gasteiger partial charge in [0.05, 0.1) is 5.69 Å². The van der Waals surface area contributed by atoms with Crippen LogP contribution in [0.4, 0.5) is 0 Å². The Balaban J connectivity index is 1.95. The Labute approximate surface area is 98.2 Å². The molecule has 1 aromatic heterocycles. The molecule has 1 saturated carbocycles. The highest BCUT2D eigenvalue weighted by atomic mass is 15.2. The molecule has 1 N–H and O–H groups in total. The van der Waals surface area contributed by atoms with E-state index in [4.69, 9.17) is 0 Å². The molecule has 0 bridgehead atoms. The molecule has 2 rings (SSSR count). The second-order valence-electron chi connectivity index (χ2n) is 4.89. The average Bonchev–Trinajstić information content (AvgIpc) is 2.67. The van der Waals surface area contributed by atoms with Gasteiger partial charge in [0, 0.05) is 19.3 Å². The summed E-state index contributed by atoms with van der Waals surface area (Å²) in [7, 11) is 1.99. The van der Waals surface area contributed by atoms with E-state index in [1.807, 2.05) is 17.9 Å². The van der Waals surface area contributed by atoms with Crippen LogP contribution in [0.3, 0.4) is 0 Å². The van der Waals surface area contributed by atoms with Crippen LogP contribution in [-0.2, 0) is 13.5 Å². The summed E-state index contributed by atoms with van der Waals surface area (Å²) in [4.78, 5) is 0. The maximum atomic E-state index is 4.49. The number of hydrogen-bond acceptors (Lipinski definition) is 2. The standard InChI is InChI=1S/C13H23N3/c1-3-14-13-7-5-4-6-11(13)10-12-8-9-16(2)15-12/h8-9,11,13-14H,3-7,10H2,1-2H3. The SMILES string of the molecule is CCNC1CCCCC1Cc1ccn(C)n1. The number of aryl methyl sites for hydroxylation is 1. The number of nitrogens with one attached hydrogen (secondary N) is 1. The molecule has 3 heteroatoms. The van der Waals surface area contributed by atoms with Crippen molar-refractivity contribution in [2.45, 2.75) is 45.1 Å². The topological polar surface area (TPSA) is 29.9 Å². The molecule has 0 saturated heterocycles. The van der Waals surface area contributed by atoms with Gasteiger partial charge in [-0.1, -0.05) is 19.8 Å². The maximum Gasteiger partial charge on any atom is 0.0627 e. The Morgan fingerprint density at radius 3 is 2.94 bits per heavy atom. The third-order valence-corrected chi connectivity index (χ3v) is 3.62. The fraction of sp³-hybridized carbons (Fsp3) is 0.769. The van der Waals surface area contributed by atoms with E-state index in [1.54, 1.807) is 0 Å². The predicted octanol–water partition coefficient (Wildman–Crippen LogP) is 2.13.